The van der Waals surface area contributed by atoms with E-state index in [0.29, 0.717) is 16.3 Å². The van der Waals surface area contributed by atoms with Gasteiger partial charge in [0.15, 0.2) is 6.10 Å². The van der Waals surface area contributed by atoms with Gasteiger partial charge in [0.25, 0.3) is 0 Å². The Morgan fingerprint density at radius 1 is 0.949 bits per heavy atom. The van der Waals surface area contributed by atoms with Gasteiger partial charge in [-0.15, -0.1) is 0 Å². The number of nitrogens with zero attached hydrogens (tertiary/aromatic N) is 1. The number of carbonyl (C=O) groups is 2. The molecule has 0 bridgehead atoms. The molecular weight excluding hydrogens is 557 g/mol. The van der Waals surface area contributed by atoms with Gasteiger partial charge in [-0.05, 0) is 55.3 Å². The van der Waals surface area contributed by atoms with Crippen LogP contribution in [0.15, 0.2) is 48.5 Å². The first-order valence-electron chi connectivity index (χ1n) is 11.7. The summed E-state index contributed by atoms with van der Waals surface area (Å²) in [6.07, 6.45) is -13.3. The second-order valence-electron chi connectivity index (χ2n) is 8.00. The Balaban J connectivity index is 1.95. The number of carboxylic acids is 1. The lowest BCUT2D eigenvalue weighted by atomic mass is 10.1. The molecule has 14 heteroatoms. The first kappa shape index (κ1) is 32.1. The molecule has 1 unspecified atom stereocenters. The van der Waals surface area contributed by atoms with Crippen LogP contribution in [-0.2, 0) is 20.7 Å². The van der Waals surface area contributed by atoms with E-state index in [1.807, 2.05) is 0 Å². The molecule has 0 radical (unpaired) electrons. The number of amides is 1. The van der Waals surface area contributed by atoms with Gasteiger partial charge in [-0.2, -0.15) is 22.0 Å². The summed E-state index contributed by atoms with van der Waals surface area (Å²) in [5.74, 6) is -0.561. The summed E-state index contributed by atoms with van der Waals surface area (Å²) in [5, 5.41) is 9.59. The van der Waals surface area contributed by atoms with Crippen LogP contribution in [-0.4, -0.2) is 73.4 Å². The zero-order chi connectivity index (χ0) is 29.1. The van der Waals surface area contributed by atoms with Crippen LogP contribution in [0, 0.1) is 0 Å². The summed E-state index contributed by atoms with van der Waals surface area (Å²) in [4.78, 5) is 24.9. The van der Waals surface area contributed by atoms with Crippen LogP contribution in [0.4, 0.5) is 26.7 Å². The molecule has 0 heterocycles. The summed E-state index contributed by atoms with van der Waals surface area (Å²) in [6.45, 7) is 0.508. The number of ether oxygens (including phenoxy) is 4. The summed E-state index contributed by atoms with van der Waals surface area (Å²) in [7, 11) is 0. The van der Waals surface area contributed by atoms with Crippen molar-refractivity contribution in [3.63, 3.8) is 0 Å². The number of rotatable bonds is 15. The van der Waals surface area contributed by atoms with E-state index < -0.39 is 37.1 Å². The van der Waals surface area contributed by atoms with Crippen molar-refractivity contribution in [1.82, 2.24) is 4.90 Å². The second-order valence-corrected chi connectivity index (χ2v) is 8.44. The van der Waals surface area contributed by atoms with Crippen molar-refractivity contribution in [1.29, 1.82) is 0 Å². The maximum absolute atomic E-state index is 13.0. The molecule has 0 aromatic heterocycles. The Morgan fingerprint density at radius 3 is 2.13 bits per heavy atom. The number of hydrogen-bond donors (Lipinski definition) is 1. The standard InChI is InChI=1S/C25H27ClF5NO7/c1-2-36-21(22(33)34)16-17-4-8-19(9-5-17)37-15-13-32(12-3-14-38-25(30,31)24(27,28)29)23(35)39-20-10-6-18(26)7-11-20/h4-11,21H,2-3,12-16H2,1H3,(H,33,34). The van der Waals surface area contributed by atoms with Crippen LogP contribution in [0.2, 0.25) is 5.02 Å². The zero-order valence-corrected chi connectivity index (χ0v) is 21.5. The Morgan fingerprint density at radius 2 is 1.56 bits per heavy atom. The van der Waals surface area contributed by atoms with Crippen LogP contribution < -0.4 is 9.47 Å². The molecule has 0 fully saturated rings. The number of alkyl halides is 5. The van der Waals surface area contributed by atoms with E-state index in [1.165, 1.54) is 24.3 Å². The molecule has 2 rings (SSSR count). The Hall–Kier alpha value is -3.16. The number of carbonyl (C=O) groups excluding carboxylic acids is 1. The monoisotopic (exact) mass is 583 g/mol. The van der Waals surface area contributed by atoms with Gasteiger partial charge in [0.1, 0.15) is 18.1 Å². The van der Waals surface area contributed by atoms with Gasteiger partial charge in [0, 0.05) is 24.6 Å². The average Bonchev–Trinajstić information content (AvgIpc) is 2.86. The number of halogens is 6. The zero-order valence-electron chi connectivity index (χ0n) is 20.8. The fraction of sp³-hybridized carbons (Fsp3) is 0.440. The minimum Gasteiger partial charge on any atom is -0.492 e. The predicted molar refractivity (Wildman–Crippen MR) is 129 cm³/mol. The van der Waals surface area contributed by atoms with Crippen LogP contribution in [0.3, 0.4) is 0 Å². The van der Waals surface area contributed by atoms with Crippen molar-refractivity contribution in [2.75, 3.05) is 32.9 Å². The van der Waals surface area contributed by atoms with Crippen LogP contribution in [0.25, 0.3) is 0 Å². The molecule has 1 N–H and O–H groups in total. The lowest BCUT2D eigenvalue weighted by Crippen LogP contribution is -2.41. The van der Waals surface area contributed by atoms with E-state index in [4.69, 9.17) is 25.8 Å². The number of benzene rings is 2. The molecule has 1 amide bonds. The smallest absolute Gasteiger partial charge is 0.482 e. The maximum atomic E-state index is 13.0. The molecule has 216 valence electrons. The minimum absolute atomic E-state index is 0.0780. The van der Waals surface area contributed by atoms with Crippen molar-refractivity contribution >= 4 is 23.7 Å². The van der Waals surface area contributed by atoms with Crippen molar-refractivity contribution in [3.05, 3.63) is 59.1 Å². The Bertz CT molecular complexity index is 1050. The quantitative estimate of drug-likeness (QED) is 0.209. The normalized spacial score (nSPS) is 12.6. The van der Waals surface area contributed by atoms with E-state index in [-0.39, 0.29) is 44.9 Å². The SMILES string of the molecule is CCOC(Cc1ccc(OCCN(CCCOC(F)(F)C(F)(F)F)C(=O)Oc2ccc(Cl)cc2)cc1)C(=O)O. The summed E-state index contributed by atoms with van der Waals surface area (Å²) < 4.78 is 82.5. The molecule has 0 aliphatic heterocycles. The molecule has 0 saturated heterocycles. The third-order valence-corrected chi connectivity index (χ3v) is 5.33. The van der Waals surface area contributed by atoms with E-state index in [1.54, 1.807) is 31.2 Å². The highest BCUT2D eigenvalue weighted by atomic mass is 35.5. The molecule has 8 nitrogen and oxygen atoms in total. The molecule has 39 heavy (non-hydrogen) atoms. The molecule has 0 spiro atoms. The van der Waals surface area contributed by atoms with Crippen molar-refractivity contribution in [3.8, 4) is 11.5 Å². The molecule has 2 aromatic rings. The van der Waals surface area contributed by atoms with E-state index in [9.17, 15) is 36.6 Å². The van der Waals surface area contributed by atoms with Gasteiger partial charge in [-0.3, -0.25) is 0 Å². The van der Waals surface area contributed by atoms with Gasteiger partial charge in [-0.1, -0.05) is 23.7 Å². The van der Waals surface area contributed by atoms with Gasteiger partial charge < -0.3 is 29.0 Å². The Labute approximate surface area is 226 Å². The molecular formula is C25H27ClF5NO7. The van der Waals surface area contributed by atoms with Gasteiger partial charge in [0.2, 0.25) is 0 Å². The van der Waals surface area contributed by atoms with Gasteiger partial charge >= 0.3 is 24.3 Å². The second kappa shape index (κ2) is 14.8. The van der Waals surface area contributed by atoms with Crippen LogP contribution in [0.5, 0.6) is 11.5 Å². The van der Waals surface area contributed by atoms with Crippen molar-refractivity contribution < 1.29 is 55.6 Å². The topological polar surface area (TPSA) is 94.5 Å². The average molecular weight is 584 g/mol. The van der Waals surface area contributed by atoms with Crippen molar-refractivity contribution in [2.45, 2.75) is 38.2 Å². The number of hydrogen-bond acceptors (Lipinski definition) is 6. The van der Waals surface area contributed by atoms with E-state index >= 15 is 0 Å². The fourth-order valence-corrected chi connectivity index (χ4v) is 3.25. The highest BCUT2D eigenvalue weighted by Crippen LogP contribution is 2.36. The highest BCUT2D eigenvalue weighted by Gasteiger charge is 2.59. The Kier molecular flexibility index (Phi) is 12.2. The lowest BCUT2D eigenvalue weighted by molar-refractivity contribution is -0.391. The first-order chi connectivity index (χ1) is 18.3. The first-order valence-corrected chi connectivity index (χ1v) is 12.1. The number of aliphatic carboxylic acids is 1. The molecule has 0 aliphatic carbocycles. The summed E-state index contributed by atoms with van der Waals surface area (Å²) >= 11 is 5.80. The predicted octanol–water partition coefficient (Wildman–Crippen LogP) is 5.81. The lowest BCUT2D eigenvalue weighted by Gasteiger charge is -2.23. The third kappa shape index (κ3) is 10.9. The third-order valence-electron chi connectivity index (χ3n) is 5.08. The van der Waals surface area contributed by atoms with E-state index in [2.05, 4.69) is 4.74 Å². The van der Waals surface area contributed by atoms with Crippen LogP contribution >= 0.6 is 11.6 Å². The largest absolute Gasteiger partial charge is 0.492 e. The fourth-order valence-electron chi connectivity index (χ4n) is 3.13. The van der Waals surface area contributed by atoms with Gasteiger partial charge in [0.05, 0.1) is 13.2 Å². The van der Waals surface area contributed by atoms with Crippen LogP contribution in [0.1, 0.15) is 18.9 Å². The summed E-state index contributed by atoms with van der Waals surface area (Å²) in [6, 6.07) is 12.3. The number of carboxylic acid groups (broad SMARTS) is 1. The maximum Gasteiger partial charge on any atom is 0.482 e. The van der Waals surface area contributed by atoms with Gasteiger partial charge in [-0.25, -0.2) is 9.59 Å². The highest BCUT2D eigenvalue weighted by molar-refractivity contribution is 6.30. The molecule has 2 aromatic carbocycles. The molecule has 0 aliphatic rings. The molecule has 1 atom stereocenters. The minimum atomic E-state index is -5.86. The van der Waals surface area contributed by atoms with Crippen molar-refractivity contribution in [2.24, 2.45) is 0 Å². The summed E-state index contributed by atoms with van der Waals surface area (Å²) in [5.41, 5.74) is 0.687. The van der Waals surface area contributed by atoms with E-state index in [0.717, 1.165) is 4.90 Å². The molecule has 0 saturated carbocycles.